The van der Waals surface area contributed by atoms with Crippen molar-refractivity contribution in [1.82, 2.24) is 4.98 Å². The molecule has 0 unspecified atom stereocenters. The third-order valence-electron chi connectivity index (χ3n) is 2.93. The number of hydrogen-bond donors (Lipinski definition) is 0. The number of amides is 1. The van der Waals surface area contributed by atoms with Crippen molar-refractivity contribution < 1.29 is 9.18 Å². The van der Waals surface area contributed by atoms with Gasteiger partial charge >= 0.3 is 0 Å². The van der Waals surface area contributed by atoms with Crippen LogP contribution in [0.3, 0.4) is 0 Å². The lowest BCUT2D eigenvalue weighted by molar-refractivity contribution is 0.0992. The molecular weight excluding hydrogens is 257 g/mol. The molecule has 0 aliphatic carbocycles. The SMILES string of the molecule is Cc1cc(C(=O)N(C)c2ccc(C#N)cn2)ccc1F. The van der Waals surface area contributed by atoms with E-state index in [-0.39, 0.29) is 11.7 Å². The fourth-order valence-electron chi connectivity index (χ4n) is 1.73. The largest absolute Gasteiger partial charge is 0.296 e. The van der Waals surface area contributed by atoms with Gasteiger partial charge in [0.2, 0.25) is 0 Å². The van der Waals surface area contributed by atoms with Crippen LogP contribution < -0.4 is 4.90 Å². The van der Waals surface area contributed by atoms with Gasteiger partial charge in [-0.1, -0.05) is 0 Å². The van der Waals surface area contributed by atoms with Crippen LogP contribution in [-0.4, -0.2) is 17.9 Å². The van der Waals surface area contributed by atoms with Gasteiger partial charge in [-0.3, -0.25) is 9.69 Å². The quantitative estimate of drug-likeness (QED) is 0.842. The molecule has 1 amide bonds. The molecular formula is C15H12FN3O. The topological polar surface area (TPSA) is 57.0 Å². The van der Waals surface area contributed by atoms with Gasteiger partial charge in [0.05, 0.1) is 5.56 Å². The molecule has 20 heavy (non-hydrogen) atoms. The van der Waals surface area contributed by atoms with Gasteiger partial charge in [0.1, 0.15) is 17.7 Å². The molecule has 0 spiro atoms. The van der Waals surface area contributed by atoms with E-state index in [1.807, 2.05) is 6.07 Å². The summed E-state index contributed by atoms with van der Waals surface area (Å²) in [4.78, 5) is 17.7. The van der Waals surface area contributed by atoms with Crippen LogP contribution in [0.4, 0.5) is 10.2 Å². The normalized spacial score (nSPS) is 9.90. The van der Waals surface area contributed by atoms with Gasteiger partial charge < -0.3 is 0 Å². The molecule has 0 fully saturated rings. The first-order valence-corrected chi connectivity index (χ1v) is 5.93. The van der Waals surface area contributed by atoms with E-state index in [4.69, 9.17) is 5.26 Å². The molecule has 0 saturated carbocycles. The van der Waals surface area contributed by atoms with Crippen molar-refractivity contribution in [3.8, 4) is 6.07 Å². The van der Waals surface area contributed by atoms with Gasteiger partial charge in [-0.15, -0.1) is 0 Å². The molecule has 4 nitrogen and oxygen atoms in total. The van der Waals surface area contributed by atoms with E-state index in [9.17, 15) is 9.18 Å². The molecule has 0 aliphatic rings. The van der Waals surface area contributed by atoms with Gasteiger partial charge in [-0.2, -0.15) is 5.26 Å². The number of carbonyl (C=O) groups excluding carboxylic acids is 1. The van der Waals surface area contributed by atoms with E-state index < -0.39 is 0 Å². The maximum atomic E-state index is 13.2. The molecule has 0 saturated heterocycles. The van der Waals surface area contributed by atoms with Crippen molar-refractivity contribution in [1.29, 1.82) is 5.26 Å². The summed E-state index contributed by atoms with van der Waals surface area (Å²) < 4.78 is 13.2. The molecule has 0 atom stereocenters. The van der Waals surface area contributed by atoms with Crippen molar-refractivity contribution in [2.24, 2.45) is 0 Å². The van der Waals surface area contributed by atoms with Crippen LogP contribution in [0.2, 0.25) is 0 Å². The number of hydrogen-bond acceptors (Lipinski definition) is 3. The molecule has 5 heteroatoms. The minimum Gasteiger partial charge on any atom is -0.296 e. The van der Waals surface area contributed by atoms with Crippen LogP contribution in [0.1, 0.15) is 21.5 Å². The summed E-state index contributed by atoms with van der Waals surface area (Å²) in [6.45, 7) is 1.60. The molecule has 2 aromatic rings. The molecule has 100 valence electrons. The van der Waals surface area contributed by atoms with Crippen LogP contribution in [0, 0.1) is 24.1 Å². The van der Waals surface area contributed by atoms with Crippen molar-refractivity contribution in [3.63, 3.8) is 0 Å². The number of anilines is 1. The summed E-state index contributed by atoms with van der Waals surface area (Å²) in [5.74, 6) is -0.206. The standard InChI is InChI=1S/C15H12FN3O/c1-10-7-12(4-5-13(10)16)15(20)19(2)14-6-3-11(8-17)9-18-14/h3-7,9H,1-2H3. The fourth-order valence-corrected chi connectivity index (χ4v) is 1.73. The van der Waals surface area contributed by atoms with E-state index in [0.717, 1.165) is 0 Å². The number of aryl methyl sites for hydroxylation is 1. The predicted molar refractivity (Wildman–Crippen MR) is 72.8 cm³/mol. The Kier molecular flexibility index (Phi) is 3.76. The number of nitrogens with zero attached hydrogens (tertiary/aromatic N) is 3. The zero-order valence-corrected chi connectivity index (χ0v) is 11.1. The van der Waals surface area contributed by atoms with Crippen LogP contribution >= 0.6 is 0 Å². The summed E-state index contributed by atoms with van der Waals surface area (Å²) >= 11 is 0. The van der Waals surface area contributed by atoms with Gasteiger partial charge in [0.25, 0.3) is 5.91 Å². The van der Waals surface area contributed by atoms with E-state index in [0.29, 0.717) is 22.5 Å². The smallest absolute Gasteiger partial charge is 0.259 e. The minimum atomic E-state index is -0.347. The van der Waals surface area contributed by atoms with Crippen molar-refractivity contribution in [2.45, 2.75) is 6.92 Å². The monoisotopic (exact) mass is 269 g/mol. The maximum Gasteiger partial charge on any atom is 0.259 e. The first kappa shape index (κ1) is 13.7. The molecule has 1 heterocycles. The first-order valence-electron chi connectivity index (χ1n) is 5.93. The number of carbonyl (C=O) groups is 1. The Bertz CT molecular complexity index is 689. The lowest BCUT2D eigenvalue weighted by Gasteiger charge is -2.16. The Labute approximate surface area is 116 Å². The van der Waals surface area contributed by atoms with Crippen molar-refractivity contribution >= 4 is 11.7 Å². The highest BCUT2D eigenvalue weighted by atomic mass is 19.1. The van der Waals surface area contributed by atoms with Crippen LogP contribution in [0.15, 0.2) is 36.5 Å². The number of nitriles is 1. The minimum absolute atomic E-state index is 0.287. The van der Waals surface area contributed by atoms with E-state index in [1.54, 1.807) is 26.1 Å². The second-order valence-electron chi connectivity index (χ2n) is 4.35. The third kappa shape index (κ3) is 2.64. The summed E-state index contributed by atoms with van der Waals surface area (Å²) in [5.41, 5.74) is 1.22. The summed E-state index contributed by atoms with van der Waals surface area (Å²) in [6.07, 6.45) is 1.40. The van der Waals surface area contributed by atoms with Crippen molar-refractivity contribution in [2.75, 3.05) is 11.9 Å². The lowest BCUT2D eigenvalue weighted by Crippen LogP contribution is -2.27. The molecule has 0 bridgehead atoms. The zero-order chi connectivity index (χ0) is 14.7. The number of benzene rings is 1. The Morgan fingerprint density at radius 2 is 2.10 bits per heavy atom. The Hall–Kier alpha value is -2.74. The highest BCUT2D eigenvalue weighted by molar-refractivity contribution is 6.05. The summed E-state index contributed by atoms with van der Waals surface area (Å²) in [5, 5.41) is 8.70. The van der Waals surface area contributed by atoms with E-state index >= 15 is 0 Å². The summed E-state index contributed by atoms with van der Waals surface area (Å²) in [6, 6.07) is 9.34. The fraction of sp³-hybridized carbons (Fsp3) is 0.133. The second kappa shape index (κ2) is 5.49. The Morgan fingerprint density at radius 3 is 2.65 bits per heavy atom. The van der Waals surface area contributed by atoms with Gasteiger partial charge in [0, 0.05) is 18.8 Å². The average molecular weight is 269 g/mol. The molecule has 1 aromatic heterocycles. The van der Waals surface area contributed by atoms with Crippen LogP contribution in [0.5, 0.6) is 0 Å². The van der Waals surface area contributed by atoms with Crippen LogP contribution in [0.25, 0.3) is 0 Å². The molecule has 1 aromatic carbocycles. The lowest BCUT2D eigenvalue weighted by atomic mass is 10.1. The summed E-state index contributed by atoms with van der Waals surface area (Å²) in [7, 11) is 1.58. The number of halogens is 1. The van der Waals surface area contributed by atoms with Crippen LogP contribution in [-0.2, 0) is 0 Å². The second-order valence-corrected chi connectivity index (χ2v) is 4.35. The average Bonchev–Trinajstić information content (AvgIpc) is 2.48. The molecule has 2 rings (SSSR count). The van der Waals surface area contributed by atoms with Gasteiger partial charge in [-0.25, -0.2) is 9.37 Å². The number of pyridine rings is 1. The van der Waals surface area contributed by atoms with E-state index in [1.165, 1.54) is 29.3 Å². The highest BCUT2D eigenvalue weighted by Gasteiger charge is 2.15. The zero-order valence-electron chi connectivity index (χ0n) is 11.1. The molecule has 0 radical (unpaired) electrons. The predicted octanol–water partition coefficient (Wildman–Crippen LogP) is 2.68. The van der Waals surface area contributed by atoms with Gasteiger partial charge in [-0.05, 0) is 42.8 Å². The first-order chi connectivity index (χ1) is 9.52. The highest BCUT2D eigenvalue weighted by Crippen LogP contribution is 2.15. The molecule has 0 aliphatic heterocycles. The molecule has 0 N–H and O–H groups in total. The maximum absolute atomic E-state index is 13.2. The third-order valence-corrected chi connectivity index (χ3v) is 2.93. The van der Waals surface area contributed by atoms with Gasteiger partial charge in [0.15, 0.2) is 0 Å². The van der Waals surface area contributed by atoms with Crippen molar-refractivity contribution in [3.05, 3.63) is 59.0 Å². The number of rotatable bonds is 2. The van der Waals surface area contributed by atoms with E-state index in [2.05, 4.69) is 4.98 Å². The Balaban J connectivity index is 2.27. The number of aromatic nitrogens is 1. The Morgan fingerprint density at radius 1 is 1.35 bits per heavy atom.